The molecule has 1 aromatic carbocycles. The molecule has 0 fully saturated rings. The van der Waals surface area contributed by atoms with Crippen LogP contribution in [0.25, 0.3) is 0 Å². The normalized spacial score (nSPS) is 13.5. The molecule has 2 aromatic rings. The van der Waals surface area contributed by atoms with Crippen LogP contribution in [0.4, 0.5) is 0 Å². The predicted octanol–water partition coefficient (Wildman–Crippen LogP) is 0.310. The van der Waals surface area contributed by atoms with Crippen LogP contribution in [0, 0.1) is 6.92 Å². The number of hydrogen-bond acceptors (Lipinski definition) is 7. The van der Waals surface area contributed by atoms with Gasteiger partial charge >= 0.3 is 5.97 Å². The van der Waals surface area contributed by atoms with E-state index in [2.05, 4.69) is 10.2 Å². The van der Waals surface area contributed by atoms with E-state index in [-0.39, 0.29) is 17.7 Å². The molecule has 25 heavy (non-hydrogen) atoms. The van der Waals surface area contributed by atoms with Crippen LogP contribution in [0.2, 0.25) is 0 Å². The SMILES string of the molecule is Cc1nnc(CN(C)CC(=O)ON2C(=O)c3ccccc3C2=O)n1C. The number of rotatable bonds is 5. The van der Waals surface area contributed by atoms with Crippen molar-refractivity contribution < 1.29 is 19.2 Å². The van der Waals surface area contributed by atoms with Crippen molar-refractivity contribution >= 4 is 17.8 Å². The first-order valence-corrected chi connectivity index (χ1v) is 7.60. The molecule has 0 unspecified atom stereocenters. The molecule has 1 aliphatic heterocycles. The quantitative estimate of drug-likeness (QED) is 0.721. The first kappa shape index (κ1) is 16.8. The second-order valence-corrected chi connectivity index (χ2v) is 5.81. The third-order valence-corrected chi connectivity index (χ3v) is 3.94. The highest BCUT2D eigenvalue weighted by molar-refractivity contribution is 6.20. The molecule has 0 saturated carbocycles. The number of nitrogens with zero attached hydrogens (tertiary/aromatic N) is 5. The molecule has 9 nitrogen and oxygen atoms in total. The molecule has 0 N–H and O–H groups in total. The number of aromatic nitrogens is 3. The average Bonchev–Trinajstić information content (AvgIpc) is 3.01. The number of benzene rings is 1. The van der Waals surface area contributed by atoms with Gasteiger partial charge in [0.2, 0.25) is 0 Å². The predicted molar refractivity (Wildman–Crippen MR) is 85.1 cm³/mol. The highest BCUT2D eigenvalue weighted by Crippen LogP contribution is 2.22. The van der Waals surface area contributed by atoms with Crippen molar-refractivity contribution in [3.05, 3.63) is 47.0 Å². The van der Waals surface area contributed by atoms with Gasteiger partial charge < -0.3 is 9.40 Å². The fourth-order valence-corrected chi connectivity index (χ4v) is 2.49. The number of fused-ring (bicyclic) bond motifs is 1. The highest BCUT2D eigenvalue weighted by Gasteiger charge is 2.38. The van der Waals surface area contributed by atoms with Crippen molar-refractivity contribution in [2.75, 3.05) is 13.6 Å². The van der Waals surface area contributed by atoms with E-state index >= 15 is 0 Å². The third kappa shape index (κ3) is 3.13. The number of carbonyl (C=O) groups is 3. The van der Waals surface area contributed by atoms with Crippen molar-refractivity contribution in [3.63, 3.8) is 0 Å². The van der Waals surface area contributed by atoms with Gasteiger partial charge in [-0.15, -0.1) is 10.2 Å². The summed E-state index contributed by atoms with van der Waals surface area (Å²) in [5.74, 6) is -0.539. The zero-order chi connectivity index (χ0) is 18.1. The molecule has 1 aliphatic rings. The number of hydrogen-bond donors (Lipinski definition) is 0. The zero-order valence-corrected chi connectivity index (χ0v) is 14.1. The van der Waals surface area contributed by atoms with E-state index in [4.69, 9.17) is 4.84 Å². The van der Waals surface area contributed by atoms with E-state index in [1.807, 2.05) is 18.5 Å². The fraction of sp³-hybridized carbons (Fsp3) is 0.312. The molecule has 130 valence electrons. The van der Waals surface area contributed by atoms with Crippen molar-refractivity contribution in [2.45, 2.75) is 13.5 Å². The summed E-state index contributed by atoms with van der Waals surface area (Å²) in [5, 5.41) is 8.47. The van der Waals surface area contributed by atoms with E-state index in [0.29, 0.717) is 17.4 Å². The summed E-state index contributed by atoms with van der Waals surface area (Å²) in [6, 6.07) is 6.33. The lowest BCUT2D eigenvalue weighted by atomic mass is 10.1. The van der Waals surface area contributed by atoms with Crippen LogP contribution in [-0.2, 0) is 23.2 Å². The van der Waals surface area contributed by atoms with E-state index < -0.39 is 17.8 Å². The first-order valence-electron chi connectivity index (χ1n) is 7.60. The van der Waals surface area contributed by atoms with Gasteiger partial charge in [0.15, 0.2) is 0 Å². The Labute approximate surface area is 143 Å². The van der Waals surface area contributed by atoms with Gasteiger partial charge in [0, 0.05) is 7.05 Å². The Morgan fingerprint density at radius 1 is 1.16 bits per heavy atom. The Kier molecular flexibility index (Phi) is 4.32. The summed E-state index contributed by atoms with van der Waals surface area (Å²) < 4.78 is 1.81. The van der Waals surface area contributed by atoms with Crippen LogP contribution in [0.1, 0.15) is 32.4 Å². The van der Waals surface area contributed by atoms with Gasteiger partial charge in [0.25, 0.3) is 11.8 Å². The van der Waals surface area contributed by atoms with Gasteiger partial charge in [0.05, 0.1) is 24.2 Å². The average molecular weight is 343 g/mol. The number of aryl methyl sites for hydroxylation is 1. The maximum Gasteiger partial charge on any atom is 0.347 e. The van der Waals surface area contributed by atoms with E-state index in [0.717, 1.165) is 5.82 Å². The van der Waals surface area contributed by atoms with Crippen LogP contribution in [0.3, 0.4) is 0 Å². The summed E-state index contributed by atoms with van der Waals surface area (Å²) >= 11 is 0. The number of carbonyl (C=O) groups excluding carboxylic acids is 3. The first-order chi connectivity index (χ1) is 11.9. The minimum absolute atomic E-state index is 0.112. The van der Waals surface area contributed by atoms with Crippen molar-refractivity contribution in [1.29, 1.82) is 0 Å². The van der Waals surface area contributed by atoms with Crippen molar-refractivity contribution in [3.8, 4) is 0 Å². The van der Waals surface area contributed by atoms with Gasteiger partial charge in [-0.25, -0.2) is 4.79 Å². The van der Waals surface area contributed by atoms with Crippen molar-refractivity contribution in [1.82, 2.24) is 24.7 Å². The topological polar surface area (TPSA) is 97.6 Å². The van der Waals surface area contributed by atoms with Crippen LogP contribution >= 0.6 is 0 Å². The minimum atomic E-state index is -0.712. The van der Waals surface area contributed by atoms with Crippen LogP contribution in [0.15, 0.2) is 24.3 Å². The van der Waals surface area contributed by atoms with Gasteiger partial charge in [0.1, 0.15) is 11.6 Å². The number of likely N-dealkylation sites (N-methyl/N-ethyl adjacent to an activating group) is 1. The lowest BCUT2D eigenvalue weighted by molar-refractivity contribution is -0.169. The lowest BCUT2D eigenvalue weighted by Crippen LogP contribution is -2.37. The molecule has 0 aliphatic carbocycles. The molecule has 0 bridgehead atoms. The monoisotopic (exact) mass is 343 g/mol. The maximum atomic E-state index is 12.2. The molecule has 0 spiro atoms. The molecule has 2 heterocycles. The van der Waals surface area contributed by atoms with Gasteiger partial charge in [-0.1, -0.05) is 17.2 Å². The Balaban J connectivity index is 1.61. The molecule has 2 amide bonds. The van der Waals surface area contributed by atoms with Gasteiger partial charge in [-0.05, 0) is 26.1 Å². The second kappa shape index (κ2) is 6.44. The number of hydroxylamine groups is 2. The van der Waals surface area contributed by atoms with E-state index in [1.165, 1.54) is 12.1 Å². The van der Waals surface area contributed by atoms with Gasteiger partial charge in [-0.2, -0.15) is 0 Å². The molecule has 0 saturated heterocycles. The molecule has 1 aromatic heterocycles. The molecular weight excluding hydrogens is 326 g/mol. The molecule has 9 heteroatoms. The third-order valence-electron chi connectivity index (χ3n) is 3.94. The lowest BCUT2D eigenvalue weighted by Gasteiger charge is -2.17. The number of amides is 2. The van der Waals surface area contributed by atoms with Crippen LogP contribution < -0.4 is 0 Å². The maximum absolute atomic E-state index is 12.2. The zero-order valence-electron chi connectivity index (χ0n) is 14.1. The van der Waals surface area contributed by atoms with Gasteiger partial charge in [-0.3, -0.25) is 14.5 Å². The summed E-state index contributed by atoms with van der Waals surface area (Å²) in [7, 11) is 3.53. The van der Waals surface area contributed by atoms with E-state index in [1.54, 1.807) is 24.1 Å². The summed E-state index contributed by atoms with van der Waals surface area (Å²) in [5.41, 5.74) is 0.450. The Hall–Kier alpha value is -3.07. The Morgan fingerprint density at radius 3 is 2.28 bits per heavy atom. The standard InChI is InChI=1S/C16H17N5O4/c1-10-17-18-13(20(10)3)8-19(2)9-14(22)25-21-15(23)11-6-4-5-7-12(11)16(21)24/h4-7H,8-9H2,1-3H3. The Bertz CT molecular complexity index is 825. The summed E-state index contributed by atoms with van der Waals surface area (Å²) in [4.78, 5) is 43.0. The largest absolute Gasteiger partial charge is 0.347 e. The Morgan fingerprint density at radius 2 is 1.76 bits per heavy atom. The van der Waals surface area contributed by atoms with E-state index in [9.17, 15) is 14.4 Å². The minimum Gasteiger partial charge on any atom is -0.328 e. The van der Waals surface area contributed by atoms with Crippen LogP contribution in [-0.4, -0.2) is 56.1 Å². The number of imide groups is 1. The summed E-state index contributed by atoms with van der Waals surface area (Å²) in [6.45, 7) is 2.08. The van der Waals surface area contributed by atoms with Crippen LogP contribution in [0.5, 0.6) is 0 Å². The molecular formula is C16H17N5O4. The fourth-order valence-electron chi connectivity index (χ4n) is 2.49. The highest BCUT2D eigenvalue weighted by atomic mass is 16.7. The molecule has 0 atom stereocenters. The smallest absolute Gasteiger partial charge is 0.328 e. The molecule has 0 radical (unpaired) electrons. The van der Waals surface area contributed by atoms with Crippen molar-refractivity contribution in [2.24, 2.45) is 7.05 Å². The second-order valence-electron chi connectivity index (χ2n) is 5.81. The molecule has 3 rings (SSSR count). The summed E-state index contributed by atoms with van der Waals surface area (Å²) in [6.07, 6.45) is 0.